The van der Waals surface area contributed by atoms with E-state index in [4.69, 9.17) is 0 Å². The number of nitrogens with zero attached hydrogens (tertiary/aromatic N) is 3. The van der Waals surface area contributed by atoms with Gasteiger partial charge in [0.05, 0.1) is 6.54 Å². The van der Waals surface area contributed by atoms with Crippen LogP contribution in [-0.4, -0.2) is 34.5 Å². The monoisotopic (exact) mass is 236 g/mol. The summed E-state index contributed by atoms with van der Waals surface area (Å²) in [5, 5.41) is 3.45. The Labute approximate surface area is 104 Å². The fourth-order valence-electron chi connectivity index (χ4n) is 1.43. The topological polar surface area (TPSA) is 41.1 Å². The highest BCUT2D eigenvalue weighted by Gasteiger charge is 2.10. The molecule has 0 fully saturated rings. The highest BCUT2D eigenvalue weighted by Crippen LogP contribution is 2.07. The molecule has 4 nitrogen and oxygen atoms in total. The van der Waals surface area contributed by atoms with Gasteiger partial charge in [0.2, 0.25) is 0 Å². The summed E-state index contributed by atoms with van der Waals surface area (Å²) in [6.07, 6.45) is 1.93. The van der Waals surface area contributed by atoms with Crippen LogP contribution in [0.15, 0.2) is 6.20 Å². The van der Waals surface area contributed by atoms with Crippen LogP contribution in [0.3, 0.4) is 0 Å². The third kappa shape index (κ3) is 5.24. The van der Waals surface area contributed by atoms with Crippen LogP contribution < -0.4 is 5.32 Å². The van der Waals surface area contributed by atoms with Crippen molar-refractivity contribution in [2.45, 2.75) is 46.3 Å². The molecule has 0 saturated heterocycles. The van der Waals surface area contributed by atoms with Crippen molar-refractivity contribution in [2.24, 2.45) is 0 Å². The summed E-state index contributed by atoms with van der Waals surface area (Å²) in [6, 6.07) is 0. The van der Waals surface area contributed by atoms with Crippen molar-refractivity contribution in [3.05, 3.63) is 23.3 Å². The normalized spacial score (nSPS) is 12.2. The first kappa shape index (κ1) is 14.1. The summed E-state index contributed by atoms with van der Waals surface area (Å²) in [7, 11) is 4.04. The first-order valence-electron chi connectivity index (χ1n) is 5.99. The molecular weight excluding hydrogens is 212 g/mol. The van der Waals surface area contributed by atoms with Crippen LogP contribution in [0.1, 0.15) is 37.9 Å². The minimum Gasteiger partial charge on any atom is -0.308 e. The molecule has 0 unspecified atom stereocenters. The van der Waals surface area contributed by atoms with Crippen molar-refractivity contribution in [1.82, 2.24) is 20.2 Å². The molecule has 0 aliphatic carbocycles. The zero-order valence-corrected chi connectivity index (χ0v) is 11.8. The summed E-state index contributed by atoms with van der Waals surface area (Å²) < 4.78 is 0. The summed E-state index contributed by atoms with van der Waals surface area (Å²) in [4.78, 5) is 11.0. The van der Waals surface area contributed by atoms with Crippen LogP contribution in [0.5, 0.6) is 0 Å². The van der Waals surface area contributed by atoms with Gasteiger partial charge in [0.15, 0.2) is 0 Å². The van der Waals surface area contributed by atoms with E-state index in [-0.39, 0.29) is 5.54 Å². The molecule has 1 heterocycles. The molecule has 0 aliphatic heterocycles. The molecule has 0 aromatic carbocycles. The molecule has 0 spiro atoms. The molecule has 17 heavy (non-hydrogen) atoms. The number of aryl methyl sites for hydroxylation is 1. The van der Waals surface area contributed by atoms with Gasteiger partial charge in [-0.25, -0.2) is 9.97 Å². The second-order valence-electron chi connectivity index (χ2n) is 5.74. The SMILES string of the molecule is Cc1nc(CN(C)C)ncc1CNC(C)(C)C. The third-order valence-corrected chi connectivity index (χ3v) is 2.40. The molecule has 0 atom stereocenters. The van der Waals surface area contributed by atoms with Crippen molar-refractivity contribution in [3.63, 3.8) is 0 Å². The van der Waals surface area contributed by atoms with Gasteiger partial charge >= 0.3 is 0 Å². The van der Waals surface area contributed by atoms with Gasteiger partial charge in [-0.1, -0.05) is 0 Å². The molecule has 0 bridgehead atoms. The van der Waals surface area contributed by atoms with Crippen LogP contribution in [0.25, 0.3) is 0 Å². The smallest absolute Gasteiger partial charge is 0.142 e. The summed E-state index contributed by atoms with van der Waals surface area (Å²) >= 11 is 0. The van der Waals surface area contributed by atoms with Gasteiger partial charge in [0.1, 0.15) is 5.82 Å². The first-order valence-corrected chi connectivity index (χ1v) is 5.99. The minimum atomic E-state index is 0.120. The molecule has 1 aromatic heterocycles. The molecule has 4 heteroatoms. The molecule has 0 amide bonds. The highest BCUT2D eigenvalue weighted by molar-refractivity contribution is 5.16. The Morgan fingerprint density at radius 3 is 2.41 bits per heavy atom. The fourth-order valence-corrected chi connectivity index (χ4v) is 1.43. The summed E-state index contributed by atoms with van der Waals surface area (Å²) in [5.74, 6) is 0.881. The average Bonchev–Trinajstić information content (AvgIpc) is 2.13. The van der Waals surface area contributed by atoms with Crippen molar-refractivity contribution in [1.29, 1.82) is 0 Å². The van der Waals surface area contributed by atoms with Crippen molar-refractivity contribution >= 4 is 0 Å². The van der Waals surface area contributed by atoms with Gasteiger partial charge < -0.3 is 10.2 Å². The standard InChI is InChI=1S/C13H24N4/c1-10-11(8-15-13(2,3)4)7-14-12(16-10)9-17(5)6/h7,15H,8-9H2,1-6H3. The Bertz CT molecular complexity index is 366. The van der Waals surface area contributed by atoms with Crippen LogP contribution >= 0.6 is 0 Å². The maximum Gasteiger partial charge on any atom is 0.142 e. The molecule has 1 rings (SSSR count). The molecule has 0 radical (unpaired) electrons. The quantitative estimate of drug-likeness (QED) is 0.864. The molecule has 1 N–H and O–H groups in total. The van der Waals surface area contributed by atoms with Crippen LogP contribution in [0.2, 0.25) is 0 Å². The number of hydrogen-bond acceptors (Lipinski definition) is 4. The van der Waals surface area contributed by atoms with E-state index in [0.717, 1.165) is 24.6 Å². The Kier molecular flexibility index (Phi) is 4.60. The maximum atomic E-state index is 4.52. The number of aromatic nitrogens is 2. The molecule has 0 saturated carbocycles. The van der Waals surface area contributed by atoms with Crippen LogP contribution in [0.4, 0.5) is 0 Å². The van der Waals surface area contributed by atoms with E-state index in [0.29, 0.717) is 0 Å². The Hall–Kier alpha value is -1.00. The average molecular weight is 236 g/mol. The zero-order chi connectivity index (χ0) is 13.1. The fraction of sp³-hybridized carbons (Fsp3) is 0.692. The van der Waals surface area contributed by atoms with E-state index in [2.05, 4.69) is 41.0 Å². The van der Waals surface area contributed by atoms with E-state index in [1.54, 1.807) is 0 Å². The summed E-state index contributed by atoms with van der Waals surface area (Å²) in [6.45, 7) is 10.1. The molecular formula is C13H24N4. The van der Waals surface area contributed by atoms with E-state index in [1.807, 2.05) is 27.2 Å². The van der Waals surface area contributed by atoms with E-state index < -0.39 is 0 Å². The Balaban J connectivity index is 2.69. The second-order valence-corrected chi connectivity index (χ2v) is 5.74. The second kappa shape index (κ2) is 5.56. The predicted molar refractivity (Wildman–Crippen MR) is 70.8 cm³/mol. The lowest BCUT2D eigenvalue weighted by atomic mass is 10.1. The number of nitrogens with one attached hydrogen (secondary N) is 1. The molecule has 96 valence electrons. The van der Waals surface area contributed by atoms with E-state index >= 15 is 0 Å². The number of rotatable bonds is 4. The van der Waals surface area contributed by atoms with Crippen molar-refractivity contribution < 1.29 is 0 Å². The lowest BCUT2D eigenvalue weighted by Gasteiger charge is -2.21. The molecule has 0 aliphatic rings. The zero-order valence-electron chi connectivity index (χ0n) is 11.8. The molecule has 1 aromatic rings. The lowest BCUT2D eigenvalue weighted by molar-refractivity contribution is 0.388. The Morgan fingerprint density at radius 1 is 1.29 bits per heavy atom. The lowest BCUT2D eigenvalue weighted by Crippen LogP contribution is -2.35. The van der Waals surface area contributed by atoms with Gasteiger partial charge in [-0.05, 0) is 41.8 Å². The van der Waals surface area contributed by atoms with E-state index in [1.165, 1.54) is 5.56 Å². The predicted octanol–water partition coefficient (Wildman–Crippen LogP) is 1.73. The van der Waals surface area contributed by atoms with Gasteiger partial charge in [0, 0.05) is 29.5 Å². The first-order chi connectivity index (χ1) is 7.78. The Morgan fingerprint density at radius 2 is 1.94 bits per heavy atom. The summed E-state index contributed by atoms with van der Waals surface area (Å²) in [5.41, 5.74) is 2.35. The van der Waals surface area contributed by atoms with Gasteiger partial charge in [0.25, 0.3) is 0 Å². The van der Waals surface area contributed by atoms with Crippen molar-refractivity contribution in [2.75, 3.05) is 14.1 Å². The largest absolute Gasteiger partial charge is 0.308 e. The van der Waals surface area contributed by atoms with E-state index in [9.17, 15) is 0 Å². The highest BCUT2D eigenvalue weighted by atomic mass is 15.1. The van der Waals surface area contributed by atoms with Gasteiger partial charge in [-0.3, -0.25) is 0 Å². The minimum absolute atomic E-state index is 0.120. The third-order valence-electron chi connectivity index (χ3n) is 2.40. The maximum absolute atomic E-state index is 4.52. The van der Waals surface area contributed by atoms with Crippen LogP contribution in [-0.2, 0) is 13.1 Å². The van der Waals surface area contributed by atoms with Crippen LogP contribution in [0, 0.1) is 6.92 Å². The van der Waals surface area contributed by atoms with Gasteiger partial charge in [-0.15, -0.1) is 0 Å². The van der Waals surface area contributed by atoms with Gasteiger partial charge in [-0.2, -0.15) is 0 Å². The van der Waals surface area contributed by atoms with Crippen molar-refractivity contribution in [3.8, 4) is 0 Å². The number of hydrogen-bond donors (Lipinski definition) is 1.